The molecule has 2 aromatic heterocycles. The lowest BCUT2D eigenvalue weighted by molar-refractivity contribution is -0.118. The summed E-state index contributed by atoms with van der Waals surface area (Å²) in [6.45, 7) is -0.269. The number of aryl methyl sites for hydroxylation is 1. The number of hydrogen-bond acceptors (Lipinski definition) is 7. The number of nitrogens with one attached hydrogen (secondary N) is 1. The normalized spacial score (nSPS) is 12.2. The van der Waals surface area contributed by atoms with Gasteiger partial charge in [0, 0.05) is 10.9 Å². The summed E-state index contributed by atoms with van der Waals surface area (Å²) in [6.07, 6.45) is 4.00. The number of rotatable bonds is 6. The fourth-order valence-electron chi connectivity index (χ4n) is 3.80. The third kappa shape index (κ3) is 4.23. The maximum absolute atomic E-state index is 13.1. The number of fused-ring (bicyclic) bond motifs is 2. The highest BCUT2D eigenvalue weighted by atomic mass is 32.1. The van der Waals surface area contributed by atoms with Gasteiger partial charge < -0.3 is 19.2 Å². The van der Waals surface area contributed by atoms with Crippen LogP contribution in [-0.4, -0.2) is 12.5 Å². The summed E-state index contributed by atoms with van der Waals surface area (Å²) < 4.78 is 29.6. The molecule has 7 nitrogen and oxygen atoms in total. The minimum atomic E-state index is -0.413. The molecule has 2 aromatic carbocycles. The number of carbonyl (C=O) groups excluding carboxylic acids is 1. The van der Waals surface area contributed by atoms with Gasteiger partial charge in [-0.2, -0.15) is 5.26 Å². The Morgan fingerprint density at radius 2 is 1.97 bits per heavy atom. The van der Waals surface area contributed by atoms with Crippen LogP contribution in [0.4, 0.5) is 9.39 Å². The van der Waals surface area contributed by atoms with Gasteiger partial charge in [0.2, 0.25) is 11.2 Å². The lowest BCUT2D eigenvalue weighted by Crippen LogP contribution is -2.20. The standard InChI is InChI=1S/C25H17FN2O5S/c26-14-4-6-15(7-5-14)33-21-12-32-20-10-16(8-9-18(20)24(21)30)31-13-23(29)28-25-19(11-27)17-2-1-3-22(17)34-25/h4-10,12H,1-3,13H2,(H,28,29). The van der Waals surface area contributed by atoms with Crippen molar-refractivity contribution in [1.82, 2.24) is 0 Å². The summed E-state index contributed by atoms with van der Waals surface area (Å²) in [4.78, 5) is 26.2. The van der Waals surface area contributed by atoms with Gasteiger partial charge >= 0.3 is 0 Å². The number of thiophene rings is 1. The van der Waals surface area contributed by atoms with Crippen molar-refractivity contribution in [3.05, 3.63) is 80.8 Å². The Labute approximate surface area is 197 Å². The lowest BCUT2D eigenvalue weighted by Gasteiger charge is -2.08. The summed E-state index contributed by atoms with van der Waals surface area (Å²) >= 11 is 1.44. The molecule has 1 amide bonds. The van der Waals surface area contributed by atoms with E-state index < -0.39 is 11.2 Å². The first-order valence-corrected chi connectivity index (χ1v) is 11.3. The van der Waals surface area contributed by atoms with Gasteiger partial charge in [-0.25, -0.2) is 4.39 Å². The first-order valence-electron chi connectivity index (χ1n) is 10.5. The summed E-state index contributed by atoms with van der Waals surface area (Å²) in [5, 5.41) is 13.0. The number of carbonyl (C=O) groups is 1. The Morgan fingerprint density at radius 3 is 2.76 bits per heavy atom. The second-order valence-corrected chi connectivity index (χ2v) is 8.76. The summed E-state index contributed by atoms with van der Waals surface area (Å²) in [7, 11) is 0. The van der Waals surface area contributed by atoms with Crippen LogP contribution in [0.2, 0.25) is 0 Å². The summed E-state index contributed by atoms with van der Waals surface area (Å²) in [6, 6.07) is 12.0. The predicted molar refractivity (Wildman–Crippen MR) is 124 cm³/mol. The maximum Gasteiger partial charge on any atom is 0.262 e. The quantitative estimate of drug-likeness (QED) is 0.412. The lowest BCUT2D eigenvalue weighted by atomic mass is 10.1. The SMILES string of the molecule is N#Cc1c(NC(=O)COc2ccc3c(=O)c(Oc4ccc(F)cc4)coc3c2)sc2c1CCC2. The number of amides is 1. The van der Waals surface area contributed by atoms with E-state index in [1.54, 1.807) is 6.07 Å². The van der Waals surface area contributed by atoms with Gasteiger partial charge in [0.1, 0.15) is 40.2 Å². The molecule has 0 radical (unpaired) electrons. The fourth-order valence-corrected chi connectivity index (χ4v) is 5.06. The number of benzene rings is 2. The molecule has 2 heterocycles. The molecule has 0 spiro atoms. The average Bonchev–Trinajstić information content (AvgIpc) is 3.41. The summed E-state index contributed by atoms with van der Waals surface area (Å²) in [5.74, 6) is -0.199. The van der Waals surface area contributed by atoms with E-state index >= 15 is 0 Å². The number of ether oxygens (including phenoxy) is 2. The smallest absolute Gasteiger partial charge is 0.262 e. The van der Waals surface area contributed by atoms with Crippen molar-refractivity contribution < 1.29 is 23.1 Å². The van der Waals surface area contributed by atoms with Gasteiger partial charge in [-0.1, -0.05) is 0 Å². The maximum atomic E-state index is 13.1. The van der Waals surface area contributed by atoms with Gasteiger partial charge in [-0.15, -0.1) is 11.3 Å². The topological polar surface area (TPSA) is 102 Å². The highest BCUT2D eigenvalue weighted by Crippen LogP contribution is 2.38. The molecule has 0 fully saturated rings. The van der Waals surface area contributed by atoms with Crippen LogP contribution in [0.5, 0.6) is 17.2 Å². The Morgan fingerprint density at radius 1 is 1.18 bits per heavy atom. The van der Waals surface area contributed by atoms with E-state index in [-0.39, 0.29) is 29.2 Å². The van der Waals surface area contributed by atoms with Crippen LogP contribution in [0.15, 0.2) is 57.9 Å². The molecule has 34 heavy (non-hydrogen) atoms. The first kappa shape index (κ1) is 21.7. The van der Waals surface area contributed by atoms with Gasteiger partial charge in [0.25, 0.3) is 5.91 Å². The minimum Gasteiger partial charge on any atom is -0.484 e. The molecule has 0 aliphatic heterocycles. The number of hydrogen-bond donors (Lipinski definition) is 1. The monoisotopic (exact) mass is 476 g/mol. The summed E-state index contributed by atoms with van der Waals surface area (Å²) in [5.41, 5.74) is 1.44. The molecule has 5 rings (SSSR count). The second kappa shape index (κ2) is 9.00. The molecular weight excluding hydrogens is 459 g/mol. The van der Waals surface area contributed by atoms with E-state index in [9.17, 15) is 19.2 Å². The predicted octanol–water partition coefficient (Wildman–Crippen LogP) is 5.16. The van der Waals surface area contributed by atoms with Crippen LogP contribution < -0.4 is 20.2 Å². The van der Waals surface area contributed by atoms with E-state index in [0.29, 0.717) is 22.1 Å². The van der Waals surface area contributed by atoms with Crippen molar-refractivity contribution in [3.8, 4) is 23.3 Å². The highest BCUT2D eigenvalue weighted by Gasteiger charge is 2.23. The molecule has 1 N–H and O–H groups in total. The van der Waals surface area contributed by atoms with Crippen molar-refractivity contribution in [2.24, 2.45) is 0 Å². The first-order chi connectivity index (χ1) is 16.5. The number of anilines is 1. The van der Waals surface area contributed by atoms with E-state index in [2.05, 4.69) is 11.4 Å². The average molecular weight is 476 g/mol. The molecular formula is C25H17FN2O5S. The van der Waals surface area contributed by atoms with Crippen LogP contribution in [0.1, 0.15) is 22.4 Å². The van der Waals surface area contributed by atoms with Crippen molar-refractivity contribution in [3.63, 3.8) is 0 Å². The van der Waals surface area contributed by atoms with Crippen LogP contribution >= 0.6 is 11.3 Å². The third-order valence-electron chi connectivity index (χ3n) is 5.41. The Kier molecular flexibility index (Phi) is 5.74. The zero-order valence-electron chi connectivity index (χ0n) is 17.7. The molecule has 9 heteroatoms. The Hall–Kier alpha value is -4.16. The van der Waals surface area contributed by atoms with Gasteiger partial charge in [0.05, 0.1) is 10.9 Å². The Balaban J connectivity index is 1.27. The molecule has 0 unspecified atom stereocenters. The second-order valence-electron chi connectivity index (χ2n) is 7.65. The molecule has 0 atom stereocenters. The van der Waals surface area contributed by atoms with Gasteiger partial charge in [-0.3, -0.25) is 9.59 Å². The zero-order valence-corrected chi connectivity index (χ0v) is 18.5. The van der Waals surface area contributed by atoms with Crippen molar-refractivity contribution in [1.29, 1.82) is 5.26 Å². The number of halogens is 1. The van der Waals surface area contributed by atoms with Crippen molar-refractivity contribution in [2.45, 2.75) is 19.3 Å². The van der Waals surface area contributed by atoms with E-state index in [1.165, 1.54) is 54.0 Å². The zero-order chi connectivity index (χ0) is 23.7. The fraction of sp³-hybridized carbons (Fsp3) is 0.160. The largest absolute Gasteiger partial charge is 0.484 e. The van der Waals surface area contributed by atoms with E-state index in [0.717, 1.165) is 29.7 Å². The van der Waals surface area contributed by atoms with Crippen LogP contribution in [0.3, 0.4) is 0 Å². The molecule has 1 aliphatic rings. The molecule has 0 saturated heterocycles. The highest BCUT2D eigenvalue weighted by molar-refractivity contribution is 7.16. The van der Waals surface area contributed by atoms with E-state index in [1.807, 2.05) is 0 Å². The van der Waals surface area contributed by atoms with Crippen LogP contribution in [0.25, 0.3) is 11.0 Å². The molecule has 4 aromatic rings. The van der Waals surface area contributed by atoms with Crippen molar-refractivity contribution >= 4 is 33.2 Å². The molecule has 1 aliphatic carbocycles. The Bertz CT molecular complexity index is 1500. The number of nitriles is 1. The third-order valence-corrected chi connectivity index (χ3v) is 6.62. The molecule has 0 saturated carbocycles. The van der Waals surface area contributed by atoms with Crippen LogP contribution in [-0.2, 0) is 17.6 Å². The molecule has 0 bridgehead atoms. The van der Waals surface area contributed by atoms with Crippen molar-refractivity contribution in [2.75, 3.05) is 11.9 Å². The van der Waals surface area contributed by atoms with Gasteiger partial charge in [0.15, 0.2) is 6.61 Å². The van der Waals surface area contributed by atoms with Crippen LogP contribution in [0, 0.1) is 17.1 Å². The molecule has 170 valence electrons. The van der Waals surface area contributed by atoms with Gasteiger partial charge in [-0.05, 0) is 61.2 Å². The minimum absolute atomic E-state index is 0.0386. The van der Waals surface area contributed by atoms with E-state index in [4.69, 9.17) is 13.9 Å². The number of nitrogens with zero attached hydrogens (tertiary/aromatic N) is 1.